The molecule has 0 fully saturated rings. The van der Waals surface area contributed by atoms with Gasteiger partial charge in [-0.1, -0.05) is 57.8 Å². The minimum Gasteiger partial charge on any atom is -0.148 e. The molecule has 0 N–H and O–H groups in total. The molecule has 3 heterocycles. The second-order valence-corrected chi connectivity index (χ2v) is 9.94. The average Bonchev–Trinajstić information content (AvgIpc) is 3.40. The van der Waals surface area contributed by atoms with E-state index in [1.165, 1.54) is 27.5 Å². The molecule has 144 valence electrons. The van der Waals surface area contributed by atoms with Crippen LogP contribution in [0.1, 0.15) is 76.2 Å². The summed E-state index contributed by atoms with van der Waals surface area (Å²) < 4.78 is 0. The summed E-state index contributed by atoms with van der Waals surface area (Å²) in [6.07, 6.45) is 6.89. The van der Waals surface area contributed by atoms with E-state index >= 15 is 0 Å². The highest BCUT2D eigenvalue weighted by Gasteiger charge is 2.06. The summed E-state index contributed by atoms with van der Waals surface area (Å²) >= 11 is 5.43. The quantitative estimate of drug-likeness (QED) is 0.360. The molecule has 0 spiro atoms. The summed E-state index contributed by atoms with van der Waals surface area (Å²) in [7, 11) is 0. The first kappa shape index (κ1) is 20.9. The van der Waals surface area contributed by atoms with Gasteiger partial charge in [0.05, 0.1) is 10.4 Å². The number of hydrogen-bond donors (Lipinski definition) is 0. The Labute approximate surface area is 181 Å². The molecule has 3 rings (SSSR count). The van der Waals surface area contributed by atoms with E-state index in [9.17, 15) is 0 Å². The Hall–Kier alpha value is -1.78. The Morgan fingerprint density at radius 3 is 1.75 bits per heavy atom. The molecule has 0 saturated carbocycles. The van der Waals surface area contributed by atoms with Gasteiger partial charge >= 0.3 is 0 Å². The van der Waals surface area contributed by atoms with E-state index < -0.39 is 0 Å². The second kappa shape index (κ2) is 10.7. The van der Waals surface area contributed by atoms with Crippen molar-refractivity contribution in [3.63, 3.8) is 0 Å². The Kier molecular flexibility index (Phi) is 7.99. The van der Waals surface area contributed by atoms with Crippen LogP contribution in [-0.4, -0.2) is 0 Å². The Morgan fingerprint density at radius 2 is 1.18 bits per heavy atom. The maximum atomic E-state index is 3.40. The highest BCUT2D eigenvalue weighted by Crippen LogP contribution is 2.24. The molecule has 3 heteroatoms. The largest absolute Gasteiger partial charge is 0.148 e. The summed E-state index contributed by atoms with van der Waals surface area (Å²) in [4.78, 5) is 5.32. The first-order chi connectivity index (χ1) is 13.7. The topological polar surface area (TPSA) is 0 Å². The summed E-state index contributed by atoms with van der Waals surface area (Å²) in [6.45, 7) is 6.66. The van der Waals surface area contributed by atoms with Gasteiger partial charge in [-0.15, -0.1) is 34.0 Å². The molecule has 0 aliphatic rings. The minimum atomic E-state index is 1.08. The standard InChI is InChI=1S/C25H26S3/c1-4-7-22-14-19(17-26-22)10-12-21-16-24(9-6-3)28-25(21)13-11-20-15-23(8-5-2)27-18-20/h14-18H,4-9H2,1-3H3. The summed E-state index contributed by atoms with van der Waals surface area (Å²) in [6, 6.07) is 6.70. The fourth-order valence-electron chi connectivity index (χ4n) is 2.91. The maximum Gasteiger partial charge on any atom is 0.0931 e. The van der Waals surface area contributed by atoms with Crippen LogP contribution in [0.2, 0.25) is 0 Å². The van der Waals surface area contributed by atoms with Crippen LogP contribution in [0.25, 0.3) is 0 Å². The lowest BCUT2D eigenvalue weighted by atomic mass is 10.2. The zero-order valence-electron chi connectivity index (χ0n) is 16.9. The Morgan fingerprint density at radius 1 is 0.643 bits per heavy atom. The molecule has 28 heavy (non-hydrogen) atoms. The van der Waals surface area contributed by atoms with Crippen molar-refractivity contribution in [1.29, 1.82) is 0 Å². The van der Waals surface area contributed by atoms with Crippen molar-refractivity contribution in [2.24, 2.45) is 0 Å². The lowest BCUT2D eigenvalue weighted by Gasteiger charge is -1.87. The van der Waals surface area contributed by atoms with Crippen molar-refractivity contribution in [3.05, 3.63) is 65.2 Å². The van der Waals surface area contributed by atoms with Crippen molar-refractivity contribution in [3.8, 4) is 23.7 Å². The highest BCUT2D eigenvalue weighted by atomic mass is 32.1. The van der Waals surface area contributed by atoms with E-state index in [0.29, 0.717) is 0 Å². The van der Waals surface area contributed by atoms with E-state index in [2.05, 4.69) is 73.4 Å². The fraction of sp³-hybridized carbons (Fsp3) is 0.360. The molecule has 0 aromatic carbocycles. The zero-order chi connectivity index (χ0) is 19.8. The van der Waals surface area contributed by atoms with Crippen molar-refractivity contribution in [1.82, 2.24) is 0 Å². The van der Waals surface area contributed by atoms with E-state index in [0.717, 1.165) is 47.3 Å². The third kappa shape index (κ3) is 5.86. The van der Waals surface area contributed by atoms with Gasteiger partial charge < -0.3 is 0 Å². The molecule has 0 aliphatic heterocycles. The smallest absolute Gasteiger partial charge is 0.0931 e. The van der Waals surface area contributed by atoms with Gasteiger partial charge in [0.2, 0.25) is 0 Å². The summed E-state index contributed by atoms with van der Waals surface area (Å²) in [5.41, 5.74) is 3.32. The highest BCUT2D eigenvalue weighted by molar-refractivity contribution is 7.12. The monoisotopic (exact) mass is 422 g/mol. The molecule has 0 amide bonds. The van der Waals surface area contributed by atoms with Crippen LogP contribution in [0.5, 0.6) is 0 Å². The van der Waals surface area contributed by atoms with Crippen LogP contribution < -0.4 is 0 Å². The molecule has 0 bridgehead atoms. The van der Waals surface area contributed by atoms with Crippen molar-refractivity contribution < 1.29 is 0 Å². The molecular formula is C25H26S3. The lowest BCUT2D eigenvalue weighted by Crippen LogP contribution is -1.77. The van der Waals surface area contributed by atoms with Gasteiger partial charge in [0, 0.05) is 36.5 Å². The van der Waals surface area contributed by atoms with Gasteiger partial charge in [-0.05, 0) is 43.4 Å². The van der Waals surface area contributed by atoms with Gasteiger partial charge in [-0.3, -0.25) is 0 Å². The molecule has 0 nitrogen and oxygen atoms in total. The number of aryl methyl sites for hydroxylation is 3. The minimum absolute atomic E-state index is 1.08. The van der Waals surface area contributed by atoms with Crippen LogP contribution in [0, 0.1) is 23.7 Å². The molecule has 3 aromatic rings. The molecule has 0 atom stereocenters. The lowest BCUT2D eigenvalue weighted by molar-refractivity contribution is 0.939. The SMILES string of the molecule is CCCc1cc(C#Cc2cc(CCC)sc2C#Cc2csc(CCC)c2)cs1. The van der Waals surface area contributed by atoms with E-state index in [-0.39, 0.29) is 0 Å². The van der Waals surface area contributed by atoms with Crippen LogP contribution in [0.15, 0.2) is 29.0 Å². The Balaban J connectivity index is 1.85. The molecule has 0 aliphatic carbocycles. The third-order valence-electron chi connectivity index (χ3n) is 4.24. The number of thiophene rings is 3. The molecular weight excluding hydrogens is 396 g/mol. The number of hydrogen-bond acceptors (Lipinski definition) is 3. The third-order valence-corrected chi connectivity index (χ3v) is 7.34. The van der Waals surface area contributed by atoms with Gasteiger partial charge in [0.1, 0.15) is 0 Å². The van der Waals surface area contributed by atoms with Crippen LogP contribution >= 0.6 is 34.0 Å². The van der Waals surface area contributed by atoms with Crippen LogP contribution in [-0.2, 0) is 19.3 Å². The van der Waals surface area contributed by atoms with Gasteiger partial charge in [0.25, 0.3) is 0 Å². The predicted octanol–water partition coefficient (Wildman–Crippen LogP) is 7.53. The Bertz CT molecular complexity index is 941. The first-order valence-corrected chi connectivity index (χ1v) is 12.6. The maximum absolute atomic E-state index is 3.40. The van der Waals surface area contributed by atoms with Crippen LogP contribution in [0.3, 0.4) is 0 Å². The molecule has 0 radical (unpaired) electrons. The van der Waals surface area contributed by atoms with Crippen LogP contribution in [0.4, 0.5) is 0 Å². The first-order valence-electron chi connectivity index (χ1n) is 10.0. The predicted molar refractivity (Wildman–Crippen MR) is 127 cm³/mol. The van der Waals surface area contributed by atoms with E-state index in [1.807, 2.05) is 22.7 Å². The zero-order valence-corrected chi connectivity index (χ0v) is 19.3. The van der Waals surface area contributed by atoms with Gasteiger partial charge in [-0.2, -0.15) is 0 Å². The second-order valence-electron chi connectivity index (χ2n) is 6.81. The van der Waals surface area contributed by atoms with Crippen molar-refractivity contribution in [2.75, 3.05) is 0 Å². The summed E-state index contributed by atoms with van der Waals surface area (Å²) in [5.74, 6) is 13.5. The fourth-order valence-corrected chi connectivity index (χ4v) is 5.82. The van der Waals surface area contributed by atoms with Crippen molar-refractivity contribution in [2.45, 2.75) is 59.3 Å². The number of rotatable bonds is 6. The molecule has 0 unspecified atom stereocenters. The van der Waals surface area contributed by atoms with Gasteiger partial charge in [-0.25, -0.2) is 0 Å². The average molecular weight is 423 g/mol. The normalized spacial score (nSPS) is 10.2. The van der Waals surface area contributed by atoms with Crippen molar-refractivity contribution >= 4 is 34.0 Å². The van der Waals surface area contributed by atoms with E-state index in [4.69, 9.17) is 0 Å². The molecule has 0 saturated heterocycles. The summed E-state index contributed by atoms with van der Waals surface area (Å²) in [5, 5.41) is 4.34. The van der Waals surface area contributed by atoms with E-state index in [1.54, 1.807) is 11.3 Å². The van der Waals surface area contributed by atoms with Gasteiger partial charge in [0.15, 0.2) is 0 Å². The molecule has 3 aromatic heterocycles.